The molecule has 2 aromatic rings. The van der Waals surface area contributed by atoms with Gasteiger partial charge in [0.2, 0.25) is 5.95 Å². The number of hydrogen-bond donors (Lipinski definition) is 3. The fourth-order valence-electron chi connectivity index (χ4n) is 2.50. The van der Waals surface area contributed by atoms with Crippen LogP contribution >= 0.6 is 0 Å². The smallest absolute Gasteiger partial charge is 0.265 e. The fraction of sp³-hybridized carbons (Fsp3) is 0.250. The molecule has 8 nitrogen and oxygen atoms in total. The van der Waals surface area contributed by atoms with Crippen molar-refractivity contribution in [3.63, 3.8) is 0 Å². The summed E-state index contributed by atoms with van der Waals surface area (Å²) in [5.41, 5.74) is 12.0. The lowest BCUT2D eigenvalue weighted by molar-refractivity contribution is -0.124. The van der Waals surface area contributed by atoms with Gasteiger partial charge in [-0.15, -0.1) is 0 Å². The Morgan fingerprint density at radius 1 is 1.28 bits per heavy atom. The maximum absolute atomic E-state index is 14.1. The molecule has 3 rings (SSSR count). The molecule has 0 aliphatic carbocycles. The zero-order valence-corrected chi connectivity index (χ0v) is 13.4. The summed E-state index contributed by atoms with van der Waals surface area (Å²) < 4.78 is 14.1. The maximum atomic E-state index is 14.1. The number of aromatic nitrogens is 2. The predicted molar refractivity (Wildman–Crippen MR) is 93.9 cm³/mol. The van der Waals surface area contributed by atoms with Crippen molar-refractivity contribution in [2.24, 2.45) is 4.99 Å². The zero-order valence-electron chi connectivity index (χ0n) is 13.4. The van der Waals surface area contributed by atoms with Crippen LogP contribution < -0.4 is 16.8 Å². The second-order valence-electron chi connectivity index (χ2n) is 5.51. The van der Waals surface area contributed by atoms with Gasteiger partial charge in [0.1, 0.15) is 5.69 Å². The van der Waals surface area contributed by atoms with Crippen LogP contribution in [0.15, 0.2) is 29.3 Å². The first-order valence-electron chi connectivity index (χ1n) is 7.77. The Hall–Kier alpha value is -3.07. The number of aliphatic imine (C=N–C) groups is 1. The summed E-state index contributed by atoms with van der Waals surface area (Å²) >= 11 is 0. The van der Waals surface area contributed by atoms with Crippen LogP contribution in [-0.4, -0.2) is 53.2 Å². The van der Waals surface area contributed by atoms with Crippen LogP contribution in [0.25, 0.3) is 11.3 Å². The van der Waals surface area contributed by atoms with E-state index in [0.29, 0.717) is 24.3 Å². The van der Waals surface area contributed by atoms with Crippen molar-refractivity contribution >= 4 is 29.6 Å². The summed E-state index contributed by atoms with van der Waals surface area (Å²) in [6.07, 6.45) is 1.27. The molecule has 1 amide bonds. The largest absolute Gasteiger partial charge is 0.381 e. The van der Waals surface area contributed by atoms with Gasteiger partial charge in [0, 0.05) is 31.7 Å². The molecular weight excluding hydrogens is 325 g/mol. The number of carbonyl (C=O) groups excluding carboxylic acids is 1. The second kappa shape index (κ2) is 7.22. The van der Waals surface area contributed by atoms with E-state index in [1.54, 1.807) is 29.2 Å². The molecule has 2 heterocycles. The van der Waals surface area contributed by atoms with Gasteiger partial charge in [0.25, 0.3) is 5.91 Å². The molecule has 0 unspecified atom stereocenters. The summed E-state index contributed by atoms with van der Waals surface area (Å²) in [4.78, 5) is 25.5. The second-order valence-corrected chi connectivity index (χ2v) is 5.51. The van der Waals surface area contributed by atoms with E-state index in [2.05, 4.69) is 20.3 Å². The minimum Gasteiger partial charge on any atom is -0.381 e. The number of halogens is 1. The van der Waals surface area contributed by atoms with Gasteiger partial charge in [-0.3, -0.25) is 9.79 Å². The van der Waals surface area contributed by atoms with Crippen LogP contribution in [0.2, 0.25) is 0 Å². The molecule has 1 aromatic carbocycles. The highest BCUT2D eigenvalue weighted by Crippen LogP contribution is 2.27. The van der Waals surface area contributed by atoms with Gasteiger partial charge in [-0.25, -0.2) is 9.37 Å². The number of nitrogen functional groups attached to an aromatic ring is 2. The number of anilines is 2. The number of nitrogens with zero attached hydrogens (tertiary/aromatic N) is 4. The average molecular weight is 343 g/mol. The number of nitrogens with two attached hydrogens (primary N) is 2. The molecule has 0 radical (unpaired) electrons. The van der Waals surface area contributed by atoms with Crippen molar-refractivity contribution < 1.29 is 9.18 Å². The molecule has 0 saturated carbocycles. The minimum absolute atomic E-state index is 0.00418. The molecule has 1 saturated heterocycles. The van der Waals surface area contributed by atoms with E-state index in [-0.39, 0.29) is 23.4 Å². The molecule has 0 spiro atoms. The van der Waals surface area contributed by atoms with Crippen LogP contribution in [0.1, 0.15) is 0 Å². The average Bonchev–Trinajstić information content (AvgIpc) is 2.63. The monoisotopic (exact) mass is 343 g/mol. The van der Waals surface area contributed by atoms with Crippen molar-refractivity contribution in [2.75, 3.05) is 37.6 Å². The number of hydrogen-bond acceptors (Lipinski definition) is 7. The van der Waals surface area contributed by atoms with E-state index in [9.17, 15) is 9.18 Å². The van der Waals surface area contributed by atoms with E-state index < -0.39 is 5.82 Å². The third kappa shape index (κ3) is 3.89. The first-order chi connectivity index (χ1) is 12.0. The number of benzene rings is 1. The van der Waals surface area contributed by atoms with Crippen LogP contribution in [0.3, 0.4) is 0 Å². The molecule has 0 bridgehead atoms. The van der Waals surface area contributed by atoms with Crippen molar-refractivity contribution in [3.05, 3.63) is 30.1 Å². The molecule has 1 aliphatic heterocycles. The zero-order chi connectivity index (χ0) is 17.8. The van der Waals surface area contributed by atoms with Crippen LogP contribution in [0.4, 0.5) is 21.8 Å². The molecule has 130 valence electrons. The van der Waals surface area contributed by atoms with Crippen molar-refractivity contribution in [2.45, 2.75) is 0 Å². The SMILES string of the molecule is Nc1nc(N)c(F)c(-c2cccc(N=CC(=O)N3CCNCC3)c2)n1. The first-order valence-corrected chi connectivity index (χ1v) is 7.77. The van der Waals surface area contributed by atoms with Gasteiger partial charge >= 0.3 is 0 Å². The summed E-state index contributed by atoms with van der Waals surface area (Å²) in [7, 11) is 0. The number of amides is 1. The lowest BCUT2D eigenvalue weighted by atomic mass is 10.1. The Labute approximate surface area is 143 Å². The Morgan fingerprint density at radius 3 is 2.80 bits per heavy atom. The molecule has 1 fully saturated rings. The molecular formula is C16H18FN7O. The first kappa shape index (κ1) is 16.8. The third-order valence-corrected chi connectivity index (χ3v) is 3.77. The Morgan fingerprint density at radius 2 is 2.04 bits per heavy atom. The number of piperazine rings is 1. The fourth-order valence-corrected chi connectivity index (χ4v) is 2.50. The number of carbonyl (C=O) groups is 1. The number of nitrogens with one attached hydrogen (secondary N) is 1. The van der Waals surface area contributed by atoms with Gasteiger partial charge in [-0.1, -0.05) is 12.1 Å². The van der Waals surface area contributed by atoms with E-state index in [1.807, 2.05) is 0 Å². The van der Waals surface area contributed by atoms with E-state index in [1.165, 1.54) is 6.21 Å². The number of rotatable bonds is 3. The van der Waals surface area contributed by atoms with Gasteiger partial charge in [-0.2, -0.15) is 4.98 Å². The molecule has 1 aromatic heterocycles. The lowest BCUT2D eigenvalue weighted by Gasteiger charge is -2.25. The summed E-state index contributed by atoms with van der Waals surface area (Å²) in [6.45, 7) is 2.83. The Bertz CT molecular complexity index is 818. The normalized spacial score (nSPS) is 14.8. The van der Waals surface area contributed by atoms with Gasteiger partial charge < -0.3 is 21.7 Å². The molecule has 5 N–H and O–H groups in total. The van der Waals surface area contributed by atoms with E-state index in [4.69, 9.17) is 11.5 Å². The predicted octanol–water partition coefficient (Wildman–Crippen LogP) is 0.581. The lowest BCUT2D eigenvalue weighted by Crippen LogP contribution is -2.46. The van der Waals surface area contributed by atoms with E-state index >= 15 is 0 Å². The van der Waals surface area contributed by atoms with Crippen molar-refractivity contribution in [1.29, 1.82) is 0 Å². The van der Waals surface area contributed by atoms with Gasteiger partial charge in [0.15, 0.2) is 11.6 Å². The van der Waals surface area contributed by atoms with Crippen LogP contribution in [0, 0.1) is 5.82 Å². The molecule has 0 atom stereocenters. The highest BCUT2D eigenvalue weighted by Gasteiger charge is 2.15. The Kier molecular flexibility index (Phi) is 4.85. The third-order valence-electron chi connectivity index (χ3n) is 3.77. The highest BCUT2D eigenvalue weighted by molar-refractivity contribution is 6.26. The summed E-state index contributed by atoms with van der Waals surface area (Å²) in [5.74, 6) is -1.33. The van der Waals surface area contributed by atoms with Crippen molar-refractivity contribution in [3.8, 4) is 11.3 Å². The van der Waals surface area contributed by atoms with Crippen LogP contribution in [0.5, 0.6) is 0 Å². The maximum Gasteiger partial charge on any atom is 0.265 e. The van der Waals surface area contributed by atoms with E-state index in [0.717, 1.165) is 13.1 Å². The Balaban J connectivity index is 1.82. The highest BCUT2D eigenvalue weighted by atomic mass is 19.1. The topological polar surface area (TPSA) is 123 Å². The van der Waals surface area contributed by atoms with Gasteiger partial charge in [-0.05, 0) is 12.1 Å². The molecule has 25 heavy (non-hydrogen) atoms. The standard InChI is InChI=1S/C16H18FN7O/c17-13-14(22-16(19)23-15(13)18)10-2-1-3-11(8-10)21-9-12(25)24-6-4-20-5-7-24/h1-3,8-9,20H,4-7H2,(H4,18,19,22,23). The van der Waals surface area contributed by atoms with Crippen molar-refractivity contribution in [1.82, 2.24) is 20.2 Å². The minimum atomic E-state index is -0.743. The molecule has 1 aliphatic rings. The quantitative estimate of drug-likeness (QED) is 0.701. The molecule has 9 heteroatoms. The summed E-state index contributed by atoms with van der Waals surface area (Å²) in [6, 6.07) is 6.65. The van der Waals surface area contributed by atoms with Gasteiger partial charge in [0.05, 0.1) is 11.9 Å². The van der Waals surface area contributed by atoms with Crippen LogP contribution in [-0.2, 0) is 4.79 Å². The summed E-state index contributed by atoms with van der Waals surface area (Å²) in [5, 5.41) is 3.18.